The number of amides is 1. The van der Waals surface area contributed by atoms with Gasteiger partial charge in [0.15, 0.2) is 0 Å². The van der Waals surface area contributed by atoms with E-state index in [4.69, 9.17) is 0 Å². The Morgan fingerprint density at radius 1 is 0.963 bits per heavy atom. The maximum absolute atomic E-state index is 12.6. The van der Waals surface area contributed by atoms with Crippen molar-refractivity contribution in [3.05, 3.63) is 66.7 Å². The average Bonchev–Trinajstić information content (AvgIpc) is 2.67. The number of sulfonamides is 1. The van der Waals surface area contributed by atoms with Crippen LogP contribution in [0.15, 0.2) is 76.5 Å². The van der Waals surface area contributed by atoms with E-state index in [2.05, 4.69) is 10.0 Å². The fourth-order valence-corrected chi connectivity index (χ4v) is 4.34. The fourth-order valence-electron chi connectivity index (χ4n) is 2.64. The van der Waals surface area contributed by atoms with Crippen molar-refractivity contribution in [2.75, 3.05) is 11.6 Å². The number of fused-ring (bicyclic) bond motifs is 1. The van der Waals surface area contributed by atoms with E-state index in [1.54, 1.807) is 30.0 Å². The van der Waals surface area contributed by atoms with E-state index in [-0.39, 0.29) is 4.90 Å². The van der Waals surface area contributed by atoms with Crippen molar-refractivity contribution in [1.29, 1.82) is 0 Å². The molecule has 0 heterocycles. The molecule has 0 aliphatic heterocycles. The van der Waals surface area contributed by atoms with Gasteiger partial charge >= 0.3 is 0 Å². The number of benzene rings is 3. The lowest BCUT2D eigenvalue weighted by Crippen LogP contribution is -2.41. The number of anilines is 1. The highest BCUT2D eigenvalue weighted by Crippen LogP contribution is 2.20. The molecule has 0 aromatic heterocycles. The Hall–Kier alpha value is -2.35. The van der Waals surface area contributed by atoms with Crippen LogP contribution in [0.4, 0.5) is 5.69 Å². The lowest BCUT2D eigenvalue weighted by atomic mass is 10.1. The van der Waals surface area contributed by atoms with Crippen molar-refractivity contribution in [2.24, 2.45) is 0 Å². The summed E-state index contributed by atoms with van der Waals surface area (Å²) >= 11 is 1.56. The van der Waals surface area contributed by atoms with Crippen molar-refractivity contribution < 1.29 is 13.2 Å². The fraction of sp³-hybridized carbons (Fsp3) is 0.150. The van der Waals surface area contributed by atoms with Gasteiger partial charge in [0.2, 0.25) is 15.9 Å². The second kappa shape index (κ2) is 8.12. The maximum Gasteiger partial charge on any atom is 0.242 e. The van der Waals surface area contributed by atoms with E-state index in [0.717, 1.165) is 15.7 Å². The molecule has 3 aromatic carbocycles. The monoisotopic (exact) mass is 400 g/mol. The van der Waals surface area contributed by atoms with Gasteiger partial charge in [-0.15, -0.1) is 11.8 Å². The summed E-state index contributed by atoms with van der Waals surface area (Å²) in [6.07, 6.45) is 1.95. The number of rotatable bonds is 6. The first-order valence-corrected chi connectivity index (χ1v) is 11.1. The molecule has 0 bridgehead atoms. The lowest BCUT2D eigenvalue weighted by Gasteiger charge is -2.15. The SMILES string of the molecule is CSc1cccc(NC(=O)[C@H](C)NS(=O)(=O)c2ccc3ccccc3c2)c1. The van der Waals surface area contributed by atoms with E-state index in [1.165, 1.54) is 13.0 Å². The summed E-state index contributed by atoms with van der Waals surface area (Å²) < 4.78 is 27.7. The summed E-state index contributed by atoms with van der Waals surface area (Å²) in [6, 6.07) is 18.9. The normalized spacial score (nSPS) is 12.7. The summed E-state index contributed by atoms with van der Waals surface area (Å²) in [7, 11) is -3.82. The molecular weight excluding hydrogens is 380 g/mol. The third kappa shape index (κ3) is 4.68. The zero-order chi connectivity index (χ0) is 19.4. The Kier molecular flexibility index (Phi) is 5.84. The predicted octanol–water partition coefficient (Wildman–Crippen LogP) is 3.87. The third-order valence-electron chi connectivity index (χ3n) is 4.09. The quantitative estimate of drug-likeness (QED) is 0.616. The molecule has 0 fully saturated rings. The second-order valence-corrected chi connectivity index (χ2v) is 8.67. The molecule has 1 amide bonds. The maximum atomic E-state index is 12.6. The molecule has 0 spiro atoms. The van der Waals surface area contributed by atoms with E-state index in [0.29, 0.717) is 5.69 Å². The second-order valence-electron chi connectivity index (χ2n) is 6.07. The van der Waals surface area contributed by atoms with Crippen molar-refractivity contribution in [3.8, 4) is 0 Å². The molecule has 27 heavy (non-hydrogen) atoms. The van der Waals surface area contributed by atoms with Crippen LogP contribution in [0.2, 0.25) is 0 Å². The zero-order valence-corrected chi connectivity index (χ0v) is 16.6. The number of nitrogens with one attached hydrogen (secondary N) is 2. The predicted molar refractivity (Wildman–Crippen MR) is 111 cm³/mol. The summed E-state index contributed by atoms with van der Waals surface area (Å²) in [5, 5.41) is 4.52. The van der Waals surface area contributed by atoms with Crippen molar-refractivity contribution in [1.82, 2.24) is 4.72 Å². The molecule has 7 heteroatoms. The van der Waals surface area contributed by atoms with Crippen LogP contribution in [0.3, 0.4) is 0 Å². The number of hydrogen-bond donors (Lipinski definition) is 2. The van der Waals surface area contributed by atoms with Crippen LogP contribution in [-0.4, -0.2) is 26.6 Å². The van der Waals surface area contributed by atoms with Crippen molar-refractivity contribution >= 4 is 44.2 Å². The first-order chi connectivity index (χ1) is 12.9. The van der Waals surface area contributed by atoms with Crippen LogP contribution in [-0.2, 0) is 14.8 Å². The molecule has 2 N–H and O–H groups in total. The summed E-state index contributed by atoms with van der Waals surface area (Å²) in [5.74, 6) is -0.419. The molecule has 0 unspecified atom stereocenters. The van der Waals surface area contributed by atoms with Gasteiger partial charge in [0.1, 0.15) is 0 Å². The molecule has 0 aliphatic rings. The Balaban J connectivity index is 1.74. The van der Waals surface area contributed by atoms with Crippen molar-refractivity contribution in [3.63, 3.8) is 0 Å². The lowest BCUT2D eigenvalue weighted by molar-refractivity contribution is -0.117. The van der Waals surface area contributed by atoms with Gasteiger partial charge in [-0.05, 0) is 54.3 Å². The number of carbonyl (C=O) groups is 1. The molecule has 3 aromatic rings. The average molecular weight is 401 g/mol. The van der Waals surface area contributed by atoms with Crippen LogP contribution in [0.1, 0.15) is 6.92 Å². The largest absolute Gasteiger partial charge is 0.325 e. The Morgan fingerprint density at radius 3 is 2.44 bits per heavy atom. The molecule has 140 valence electrons. The van der Waals surface area contributed by atoms with Gasteiger partial charge in [0.25, 0.3) is 0 Å². The molecule has 0 aliphatic carbocycles. The van der Waals surface area contributed by atoms with Gasteiger partial charge in [0.05, 0.1) is 10.9 Å². The molecule has 1 atom stereocenters. The standard InChI is InChI=1S/C20H20N2O3S2/c1-14(20(23)21-17-8-5-9-18(13-17)26-2)22-27(24,25)19-11-10-15-6-3-4-7-16(15)12-19/h3-14,22H,1-2H3,(H,21,23)/t14-/m0/s1. The first-order valence-electron chi connectivity index (χ1n) is 8.35. The van der Waals surface area contributed by atoms with E-state index >= 15 is 0 Å². The highest BCUT2D eigenvalue weighted by Gasteiger charge is 2.22. The molecule has 3 rings (SSSR count). The smallest absolute Gasteiger partial charge is 0.242 e. The summed E-state index contributed by atoms with van der Waals surface area (Å²) in [6.45, 7) is 1.52. The van der Waals surface area contributed by atoms with E-state index in [9.17, 15) is 13.2 Å². The van der Waals surface area contributed by atoms with Crippen LogP contribution >= 0.6 is 11.8 Å². The van der Waals surface area contributed by atoms with Crippen LogP contribution < -0.4 is 10.0 Å². The van der Waals surface area contributed by atoms with Crippen LogP contribution in [0.25, 0.3) is 10.8 Å². The van der Waals surface area contributed by atoms with Crippen LogP contribution in [0.5, 0.6) is 0 Å². The minimum absolute atomic E-state index is 0.130. The topological polar surface area (TPSA) is 75.3 Å². The Morgan fingerprint density at radius 2 is 1.70 bits per heavy atom. The first kappa shape index (κ1) is 19.4. The van der Waals surface area contributed by atoms with Crippen molar-refractivity contribution in [2.45, 2.75) is 22.8 Å². The molecule has 5 nitrogen and oxygen atoms in total. The number of thioether (sulfide) groups is 1. The molecule has 0 saturated carbocycles. The Bertz CT molecular complexity index is 1080. The minimum Gasteiger partial charge on any atom is -0.325 e. The highest BCUT2D eigenvalue weighted by molar-refractivity contribution is 7.98. The minimum atomic E-state index is -3.82. The number of carbonyl (C=O) groups excluding carboxylic acids is 1. The zero-order valence-electron chi connectivity index (χ0n) is 15.0. The van der Waals surface area contributed by atoms with E-state index < -0.39 is 22.0 Å². The molecule has 0 saturated heterocycles. The van der Waals surface area contributed by atoms with Crippen LogP contribution in [0, 0.1) is 0 Å². The summed E-state index contributed by atoms with van der Waals surface area (Å²) in [4.78, 5) is 13.5. The van der Waals surface area contributed by atoms with Gasteiger partial charge in [0, 0.05) is 10.6 Å². The van der Waals surface area contributed by atoms with Gasteiger partial charge in [-0.2, -0.15) is 4.72 Å². The molecular formula is C20H20N2O3S2. The third-order valence-corrected chi connectivity index (χ3v) is 6.36. The summed E-state index contributed by atoms with van der Waals surface area (Å²) in [5.41, 5.74) is 0.628. The molecule has 0 radical (unpaired) electrons. The Labute approximate surface area is 163 Å². The van der Waals surface area contributed by atoms with Gasteiger partial charge < -0.3 is 5.32 Å². The van der Waals surface area contributed by atoms with E-state index in [1.807, 2.05) is 48.7 Å². The van der Waals surface area contributed by atoms with Gasteiger partial charge in [-0.1, -0.05) is 36.4 Å². The highest BCUT2D eigenvalue weighted by atomic mass is 32.2. The van der Waals surface area contributed by atoms with Gasteiger partial charge in [-0.3, -0.25) is 4.79 Å². The number of hydrogen-bond acceptors (Lipinski definition) is 4. The van der Waals surface area contributed by atoms with Gasteiger partial charge in [-0.25, -0.2) is 8.42 Å².